The Kier molecular flexibility index (Phi) is 12.7. The normalized spacial score (nSPS) is 13.0. The van der Waals surface area contributed by atoms with Gasteiger partial charge in [0.1, 0.15) is 23.5 Å². The summed E-state index contributed by atoms with van der Waals surface area (Å²) >= 11 is 1.51. The van der Waals surface area contributed by atoms with E-state index in [4.69, 9.17) is 9.47 Å². The van der Waals surface area contributed by atoms with Crippen molar-refractivity contribution < 1.29 is 39.9 Å². The van der Waals surface area contributed by atoms with Crippen molar-refractivity contribution in [3.63, 3.8) is 0 Å². The standard InChI is InChI=1S/C43H37F2N7O7S3/c1-58-43(53)39-20-37(16-18-40(39)51(61(54)55)35-21-46-49(24-35)33-12-8-31(44)9-13-33)59-38-26-48(27-38)23-30-7-17-41(42(19-30)60-28-29-5-3-2-4-6-29)52(62(56)57)36-22-47-50(25-36)34-14-10-32(45)11-15-34/h2-22,24-25,38,61-62H,23,26-28H2,1H3. The van der Waals surface area contributed by atoms with Crippen molar-refractivity contribution in [3.8, 4) is 17.1 Å². The van der Waals surface area contributed by atoms with Crippen LogP contribution in [0.1, 0.15) is 21.5 Å². The molecule has 3 heterocycles. The van der Waals surface area contributed by atoms with Crippen LogP contribution in [-0.2, 0) is 38.8 Å². The Bertz CT molecular complexity index is 2850. The van der Waals surface area contributed by atoms with Crippen molar-refractivity contribution in [1.82, 2.24) is 24.5 Å². The number of nitrogens with zero attached hydrogens (tertiary/aromatic N) is 7. The van der Waals surface area contributed by atoms with Crippen molar-refractivity contribution in [2.45, 2.75) is 23.3 Å². The molecule has 0 aliphatic carbocycles. The smallest absolute Gasteiger partial charge is 0.340 e. The van der Waals surface area contributed by atoms with Crippen LogP contribution in [0.3, 0.4) is 0 Å². The molecule has 7 aromatic rings. The number of hydrogen-bond acceptors (Lipinski definition) is 11. The number of esters is 1. The van der Waals surface area contributed by atoms with Crippen LogP contribution in [0.15, 0.2) is 145 Å². The summed E-state index contributed by atoms with van der Waals surface area (Å²) in [6.07, 6.45) is 5.53. The molecule has 318 valence electrons. The molecule has 1 aliphatic heterocycles. The lowest BCUT2D eigenvalue weighted by Gasteiger charge is -2.39. The van der Waals surface area contributed by atoms with E-state index in [0.29, 0.717) is 53.9 Å². The van der Waals surface area contributed by atoms with Gasteiger partial charge in [0.25, 0.3) is 0 Å². The van der Waals surface area contributed by atoms with Crippen LogP contribution in [0.5, 0.6) is 5.75 Å². The molecule has 5 aromatic carbocycles. The summed E-state index contributed by atoms with van der Waals surface area (Å²) in [6, 6.07) is 31.2. The number of halogens is 2. The van der Waals surface area contributed by atoms with Crippen LogP contribution < -0.4 is 13.3 Å². The number of ether oxygens (including phenoxy) is 2. The molecule has 0 radical (unpaired) electrons. The van der Waals surface area contributed by atoms with Crippen molar-refractivity contribution >= 4 is 62.3 Å². The molecule has 1 saturated heterocycles. The Morgan fingerprint density at radius 3 is 1.85 bits per heavy atom. The highest BCUT2D eigenvalue weighted by atomic mass is 32.2. The molecule has 0 spiro atoms. The van der Waals surface area contributed by atoms with Crippen LogP contribution in [0, 0.1) is 11.6 Å². The zero-order chi connectivity index (χ0) is 43.3. The zero-order valence-electron chi connectivity index (χ0n) is 32.7. The van der Waals surface area contributed by atoms with E-state index in [-0.39, 0.29) is 23.0 Å². The second-order valence-electron chi connectivity index (χ2n) is 14.0. The number of aromatic nitrogens is 4. The maximum atomic E-state index is 13.6. The minimum Gasteiger partial charge on any atom is -0.488 e. The quantitative estimate of drug-likeness (QED) is 0.0587. The van der Waals surface area contributed by atoms with Crippen LogP contribution in [0.25, 0.3) is 11.4 Å². The van der Waals surface area contributed by atoms with Crippen molar-refractivity contribution in [1.29, 1.82) is 0 Å². The second-order valence-corrected chi connectivity index (χ2v) is 16.8. The van der Waals surface area contributed by atoms with Gasteiger partial charge in [-0.25, -0.2) is 48.4 Å². The predicted octanol–water partition coefficient (Wildman–Crippen LogP) is 7.01. The van der Waals surface area contributed by atoms with Crippen molar-refractivity contribution in [2.24, 2.45) is 0 Å². The van der Waals surface area contributed by atoms with E-state index in [9.17, 15) is 30.4 Å². The van der Waals surface area contributed by atoms with Crippen LogP contribution in [0.4, 0.5) is 31.5 Å². The third kappa shape index (κ3) is 9.50. The second kappa shape index (κ2) is 18.6. The van der Waals surface area contributed by atoms with Gasteiger partial charge in [0, 0.05) is 30.3 Å². The average molecular weight is 898 g/mol. The van der Waals surface area contributed by atoms with E-state index in [1.54, 1.807) is 30.5 Å². The Morgan fingerprint density at radius 2 is 1.29 bits per heavy atom. The molecule has 0 atom stereocenters. The fraction of sp³-hybridized carbons (Fsp3) is 0.140. The average Bonchev–Trinajstić information content (AvgIpc) is 3.95. The first kappa shape index (κ1) is 42.2. The highest BCUT2D eigenvalue weighted by Gasteiger charge is 2.30. The number of thiol groups is 2. The highest BCUT2D eigenvalue weighted by molar-refractivity contribution is 7.98. The van der Waals surface area contributed by atoms with Gasteiger partial charge < -0.3 is 9.47 Å². The molecule has 0 N–H and O–H groups in total. The summed E-state index contributed by atoms with van der Waals surface area (Å²) < 4.78 is 94.4. The third-order valence-corrected chi connectivity index (χ3v) is 12.5. The van der Waals surface area contributed by atoms with E-state index in [1.165, 1.54) is 99.7 Å². The Labute approximate surface area is 362 Å². The fourth-order valence-electron chi connectivity index (χ4n) is 6.86. The van der Waals surface area contributed by atoms with E-state index in [1.807, 2.05) is 42.5 Å². The van der Waals surface area contributed by atoms with Gasteiger partial charge in [0.2, 0.25) is 21.8 Å². The summed E-state index contributed by atoms with van der Waals surface area (Å²) in [5, 5.41) is 8.56. The van der Waals surface area contributed by atoms with Crippen LogP contribution in [-0.4, -0.2) is 73.6 Å². The van der Waals surface area contributed by atoms with Gasteiger partial charge in [-0.3, -0.25) is 4.90 Å². The molecular weight excluding hydrogens is 861 g/mol. The van der Waals surface area contributed by atoms with Crippen molar-refractivity contribution in [2.75, 3.05) is 28.8 Å². The van der Waals surface area contributed by atoms with Crippen LogP contribution >= 0.6 is 11.8 Å². The van der Waals surface area contributed by atoms with Gasteiger partial charge in [-0.1, -0.05) is 36.4 Å². The molecule has 0 unspecified atom stereocenters. The first-order valence-corrected chi connectivity index (χ1v) is 22.2. The number of rotatable bonds is 16. The summed E-state index contributed by atoms with van der Waals surface area (Å²) in [4.78, 5) is 15.9. The molecule has 8 rings (SSSR count). The Morgan fingerprint density at radius 1 is 0.726 bits per heavy atom. The number of benzene rings is 5. The fourth-order valence-corrected chi connectivity index (χ4v) is 9.27. The molecule has 2 aromatic heterocycles. The number of hydrogen-bond donors (Lipinski definition) is 2. The Hall–Kier alpha value is -6.54. The van der Waals surface area contributed by atoms with Gasteiger partial charge in [0.15, 0.2) is 0 Å². The summed E-state index contributed by atoms with van der Waals surface area (Å²) in [5.41, 5.74) is 3.97. The molecule has 19 heteroatoms. The lowest BCUT2D eigenvalue weighted by Crippen LogP contribution is -2.53. The van der Waals surface area contributed by atoms with E-state index < -0.39 is 39.4 Å². The largest absolute Gasteiger partial charge is 0.488 e. The lowest BCUT2D eigenvalue weighted by molar-refractivity contribution is 0.0144. The van der Waals surface area contributed by atoms with Crippen molar-refractivity contribution in [3.05, 3.63) is 168 Å². The molecule has 0 bridgehead atoms. The SMILES string of the molecule is COC(=O)c1cc(OC2CN(Cc3ccc(N(c4cnn(-c5ccc(F)cc5)c4)[SH](=O)=O)c(SCc4ccccc4)c3)C2)ccc1N(c1cnn(-c2ccc(F)cc2)c1)[SH](=O)=O. The minimum atomic E-state index is -3.30. The Balaban J connectivity index is 0.980. The van der Waals surface area contributed by atoms with Gasteiger partial charge in [-0.15, -0.1) is 11.8 Å². The zero-order valence-corrected chi connectivity index (χ0v) is 35.3. The predicted molar refractivity (Wildman–Crippen MR) is 232 cm³/mol. The highest BCUT2D eigenvalue weighted by Crippen LogP contribution is 2.38. The third-order valence-electron chi connectivity index (χ3n) is 9.86. The first-order valence-electron chi connectivity index (χ1n) is 18.9. The number of methoxy groups -OCH3 is 1. The summed E-state index contributed by atoms with van der Waals surface area (Å²) in [5.74, 6) is -0.689. The number of thioether (sulfide) groups is 1. The molecule has 0 saturated carbocycles. The number of likely N-dealkylation sites (tertiary alicyclic amines) is 1. The summed E-state index contributed by atoms with van der Waals surface area (Å²) in [6.45, 7) is 1.60. The minimum absolute atomic E-state index is 0.0281. The number of carbonyl (C=O) groups excluding carboxylic acids is 1. The van der Waals surface area contributed by atoms with E-state index in [2.05, 4.69) is 15.1 Å². The maximum Gasteiger partial charge on any atom is 0.340 e. The number of anilines is 4. The van der Waals surface area contributed by atoms with Gasteiger partial charge in [-0.05, 0) is 90.0 Å². The number of carbonyl (C=O) groups is 1. The van der Waals surface area contributed by atoms with Gasteiger partial charge in [-0.2, -0.15) is 10.2 Å². The van der Waals surface area contributed by atoms with Crippen LogP contribution in [0.2, 0.25) is 0 Å². The molecule has 0 amide bonds. The molecular formula is C43H37F2N7O7S3. The van der Waals surface area contributed by atoms with E-state index >= 15 is 0 Å². The topological polar surface area (TPSA) is 149 Å². The van der Waals surface area contributed by atoms with E-state index in [0.717, 1.165) is 20.3 Å². The molecule has 14 nitrogen and oxygen atoms in total. The molecule has 1 aliphatic rings. The molecule has 62 heavy (non-hydrogen) atoms. The van der Waals surface area contributed by atoms with Gasteiger partial charge >= 0.3 is 5.97 Å². The van der Waals surface area contributed by atoms with Gasteiger partial charge in [0.05, 0.1) is 71.6 Å². The first-order chi connectivity index (χ1) is 30.0. The lowest BCUT2D eigenvalue weighted by atomic mass is 10.1. The maximum absolute atomic E-state index is 13.6. The summed E-state index contributed by atoms with van der Waals surface area (Å²) in [7, 11) is -5.25. The monoisotopic (exact) mass is 897 g/mol. The molecule has 1 fully saturated rings.